The van der Waals surface area contributed by atoms with Crippen molar-refractivity contribution in [1.29, 1.82) is 0 Å². The number of aryl methyl sites for hydroxylation is 1. The molecular weight excluding hydrogens is 444 g/mol. The van der Waals surface area contributed by atoms with E-state index in [0.717, 1.165) is 34.6 Å². The molecule has 1 aliphatic rings. The Kier molecular flexibility index (Phi) is 11.3. The van der Waals surface area contributed by atoms with Crippen molar-refractivity contribution in [1.82, 2.24) is 0 Å². The highest BCUT2D eigenvalue weighted by Gasteiger charge is 2.25. The predicted octanol–water partition coefficient (Wildman–Crippen LogP) is 8.66. The molecule has 188 valence electrons. The normalized spacial score (nSPS) is 15.1. The molecule has 0 aliphatic carbocycles. The molecule has 2 aromatic carbocycles. The SMILES string of the molecule is CCCCCCCCCCCCCCCc1cc(O)cc2c1SCC(c1ccc(O)c(O)c1)O2. The van der Waals surface area contributed by atoms with Crippen molar-refractivity contribution in [2.75, 3.05) is 5.75 Å². The topological polar surface area (TPSA) is 69.9 Å². The summed E-state index contributed by atoms with van der Waals surface area (Å²) in [6, 6.07) is 8.35. The molecule has 1 heterocycles. The lowest BCUT2D eigenvalue weighted by molar-refractivity contribution is 0.218. The predicted molar refractivity (Wildman–Crippen MR) is 141 cm³/mol. The number of hydrogen-bond donors (Lipinski definition) is 3. The van der Waals surface area contributed by atoms with Crippen LogP contribution in [0.4, 0.5) is 0 Å². The third-order valence-electron chi connectivity index (χ3n) is 6.69. The van der Waals surface area contributed by atoms with Gasteiger partial charge in [-0.25, -0.2) is 0 Å². The van der Waals surface area contributed by atoms with Crippen LogP contribution >= 0.6 is 11.8 Å². The van der Waals surface area contributed by atoms with Gasteiger partial charge in [0, 0.05) is 11.8 Å². The molecule has 1 aliphatic heterocycles. The highest BCUT2D eigenvalue weighted by molar-refractivity contribution is 7.99. The molecule has 34 heavy (non-hydrogen) atoms. The average molecular weight is 487 g/mol. The monoisotopic (exact) mass is 486 g/mol. The number of phenolic OH excluding ortho intramolecular Hbond substituents is 3. The van der Waals surface area contributed by atoms with E-state index in [4.69, 9.17) is 4.74 Å². The van der Waals surface area contributed by atoms with Crippen LogP contribution in [-0.4, -0.2) is 21.1 Å². The second-order valence-corrected chi connectivity index (χ2v) is 10.6. The molecule has 0 saturated heterocycles. The first kappa shape index (κ1) is 26.6. The molecule has 0 bridgehead atoms. The summed E-state index contributed by atoms with van der Waals surface area (Å²) in [6.45, 7) is 2.27. The lowest BCUT2D eigenvalue weighted by Crippen LogP contribution is -2.15. The molecule has 0 spiro atoms. The molecule has 1 unspecified atom stereocenters. The van der Waals surface area contributed by atoms with E-state index in [2.05, 4.69) is 6.92 Å². The number of thioether (sulfide) groups is 1. The van der Waals surface area contributed by atoms with Crippen molar-refractivity contribution in [3.63, 3.8) is 0 Å². The van der Waals surface area contributed by atoms with Crippen molar-refractivity contribution in [2.24, 2.45) is 0 Å². The summed E-state index contributed by atoms with van der Waals surface area (Å²) in [6.07, 6.45) is 18.2. The number of hydrogen-bond acceptors (Lipinski definition) is 5. The Labute approximate surface area is 209 Å². The van der Waals surface area contributed by atoms with Crippen LogP contribution in [0.25, 0.3) is 0 Å². The zero-order chi connectivity index (χ0) is 24.2. The Balaban J connectivity index is 1.36. The molecule has 0 saturated carbocycles. The minimum Gasteiger partial charge on any atom is -0.508 e. The summed E-state index contributed by atoms with van der Waals surface area (Å²) in [5.74, 6) is 1.39. The highest BCUT2D eigenvalue weighted by Crippen LogP contribution is 2.45. The minimum absolute atomic E-state index is 0.134. The van der Waals surface area contributed by atoms with Crippen LogP contribution < -0.4 is 4.74 Å². The smallest absolute Gasteiger partial charge is 0.157 e. The van der Waals surface area contributed by atoms with E-state index in [0.29, 0.717) is 5.75 Å². The second-order valence-electron chi connectivity index (χ2n) is 9.59. The van der Waals surface area contributed by atoms with Gasteiger partial charge < -0.3 is 20.1 Å². The molecule has 4 nitrogen and oxygen atoms in total. The lowest BCUT2D eigenvalue weighted by Gasteiger charge is -2.28. The van der Waals surface area contributed by atoms with Gasteiger partial charge in [0.1, 0.15) is 17.6 Å². The van der Waals surface area contributed by atoms with Gasteiger partial charge in [0.2, 0.25) is 0 Å². The Bertz CT molecular complexity index is 883. The molecule has 3 N–H and O–H groups in total. The maximum atomic E-state index is 10.2. The van der Waals surface area contributed by atoms with E-state index in [1.165, 1.54) is 83.1 Å². The largest absolute Gasteiger partial charge is 0.508 e. The average Bonchev–Trinajstić information content (AvgIpc) is 2.83. The fraction of sp³-hybridized carbons (Fsp3) is 0.586. The van der Waals surface area contributed by atoms with E-state index >= 15 is 0 Å². The van der Waals surface area contributed by atoms with Crippen LogP contribution in [0.5, 0.6) is 23.0 Å². The third-order valence-corrected chi connectivity index (χ3v) is 7.91. The summed E-state index contributed by atoms with van der Waals surface area (Å²) >= 11 is 1.74. The number of phenols is 3. The van der Waals surface area contributed by atoms with Gasteiger partial charge in [-0.05, 0) is 42.2 Å². The van der Waals surface area contributed by atoms with Gasteiger partial charge in [0.25, 0.3) is 0 Å². The molecule has 2 aromatic rings. The number of aromatic hydroxyl groups is 3. The molecule has 1 atom stereocenters. The quantitative estimate of drug-likeness (QED) is 0.173. The van der Waals surface area contributed by atoms with Gasteiger partial charge in [-0.3, -0.25) is 0 Å². The first-order chi connectivity index (χ1) is 16.6. The number of rotatable bonds is 15. The van der Waals surface area contributed by atoms with Crippen LogP contribution in [0.15, 0.2) is 35.2 Å². The first-order valence-corrected chi connectivity index (χ1v) is 14.2. The Hall–Kier alpha value is -2.01. The van der Waals surface area contributed by atoms with Gasteiger partial charge >= 0.3 is 0 Å². The summed E-state index contributed by atoms with van der Waals surface area (Å²) in [5.41, 5.74) is 1.98. The lowest BCUT2D eigenvalue weighted by atomic mass is 10.0. The molecule has 0 fully saturated rings. The third kappa shape index (κ3) is 8.33. The maximum absolute atomic E-state index is 10.2. The van der Waals surface area contributed by atoms with Gasteiger partial charge in [0.15, 0.2) is 11.5 Å². The van der Waals surface area contributed by atoms with Crippen molar-refractivity contribution in [3.8, 4) is 23.0 Å². The van der Waals surface area contributed by atoms with Gasteiger partial charge in [-0.1, -0.05) is 90.0 Å². The molecule has 3 rings (SSSR count). The molecule has 0 amide bonds. The Morgan fingerprint density at radius 2 is 1.38 bits per heavy atom. The number of ether oxygens (including phenoxy) is 1. The van der Waals surface area contributed by atoms with Crippen molar-refractivity contribution < 1.29 is 20.1 Å². The van der Waals surface area contributed by atoms with Crippen LogP contribution in [0.1, 0.15) is 108 Å². The van der Waals surface area contributed by atoms with E-state index in [-0.39, 0.29) is 23.4 Å². The Morgan fingerprint density at radius 3 is 2.00 bits per heavy atom. The summed E-state index contributed by atoms with van der Waals surface area (Å²) < 4.78 is 6.18. The minimum atomic E-state index is -0.227. The fourth-order valence-corrected chi connectivity index (χ4v) is 5.84. The van der Waals surface area contributed by atoms with E-state index < -0.39 is 0 Å². The number of benzene rings is 2. The van der Waals surface area contributed by atoms with Gasteiger partial charge in [0.05, 0.1) is 4.90 Å². The van der Waals surface area contributed by atoms with Crippen LogP contribution in [0.2, 0.25) is 0 Å². The van der Waals surface area contributed by atoms with E-state index in [9.17, 15) is 15.3 Å². The van der Waals surface area contributed by atoms with E-state index in [1.54, 1.807) is 30.0 Å². The van der Waals surface area contributed by atoms with Crippen LogP contribution in [0.3, 0.4) is 0 Å². The molecule has 0 radical (unpaired) electrons. The summed E-state index contributed by atoms with van der Waals surface area (Å²) in [5, 5.41) is 29.6. The van der Waals surface area contributed by atoms with Crippen LogP contribution in [0, 0.1) is 0 Å². The van der Waals surface area contributed by atoms with Crippen molar-refractivity contribution in [2.45, 2.75) is 108 Å². The van der Waals surface area contributed by atoms with E-state index in [1.807, 2.05) is 6.07 Å². The van der Waals surface area contributed by atoms with Crippen molar-refractivity contribution in [3.05, 3.63) is 41.5 Å². The number of unbranched alkanes of at least 4 members (excludes halogenated alkanes) is 12. The second kappa shape index (κ2) is 14.4. The zero-order valence-corrected chi connectivity index (χ0v) is 21.5. The highest BCUT2D eigenvalue weighted by atomic mass is 32.2. The zero-order valence-electron chi connectivity index (χ0n) is 20.7. The summed E-state index contributed by atoms with van der Waals surface area (Å²) in [7, 11) is 0. The van der Waals surface area contributed by atoms with Crippen LogP contribution in [-0.2, 0) is 6.42 Å². The maximum Gasteiger partial charge on any atom is 0.157 e. The Morgan fingerprint density at radius 1 is 0.765 bits per heavy atom. The van der Waals surface area contributed by atoms with Crippen molar-refractivity contribution >= 4 is 11.8 Å². The van der Waals surface area contributed by atoms with Gasteiger partial charge in [-0.15, -0.1) is 11.8 Å². The number of fused-ring (bicyclic) bond motifs is 1. The fourth-order valence-electron chi connectivity index (χ4n) is 4.67. The van der Waals surface area contributed by atoms with Gasteiger partial charge in [-0.2, -0.15) is 0 Å². The standard InChI is InChI=1S/C29H42O4S/c1-2-3-4-5-6-7-8-9-10-11-12-13-14-15-23-18-24(30)20-27-29(23)34-21-28(33-27)22-16-17-25(31)26(32)19-22/h16-20,28,30-32H,2-15,21H2,1H3. The molecule has 5 heteroatoms. The molecule has 0 aromatic heterocycles. The summed E-state index contributed by atoms with van der Waals surface area (Å²) in [4.78, 5) is 1.12. The molecular formula is C29H42O4S. The first-order valence-electron chi connectivity index (χ1n) is 13.3.